The van der Waals surface area contributed by atoms with Crippen LogP contribution < -0.4 is 11.1 Å². The summed E-state index contributed by atoms with van der Waals surface area (Å²) >= 11 is 0. The number of ether oxygens (including phenoxy) is 10. The standard InChI is InChI=1S/C31H56N2O11/c1-2-3-9-33-30-6-4-29(5-7-30)31(34)44-28-27-43-26-25-42-24-23-41-22-21-40-20-19-39-18-17-38-16-15-37-14-13-36-12-11-35-10-8-32/h4-7,33H,2-3,8-28,32H2,1H3. The quantitative estimate of drug-likeness (QED) is 0.0846. The molecule has 0 unspecified atom stereocenters. The first kappa shape index (κ1) is 40.1. The van der Waals surface area contributed by atoms with Crippen LogP contribution in [0.2, 0.25) is 0 Å². The number of nitrogens with one attached hydrogen (secondary N) is 1. The second-order valence-electron chi connectivity index (χ2n) is 9.29. The smallest absolute Gasteiger partial charge is 0.338 e. The van der Waals surface area contributed by atoms with E-state index in [1.807, 2.05) is 12.1 Å². The molecular weight excluding hydrogens is 576 g/mol. The van der Waals surface area contributed by atoms with E-state index in [0.717, 1.165) is 25.1 Å². The molecule has 0 aliphatic rings. The Kier molecular flexibility index (Phi) is 29.6. The molecule has 0 atom stereocenters. The average Bonchev–Trinajstić information content (AvgIpc) is 3.04. The number of anilines is 1. The highest BCUT2D eigenvalue weighted by Gasteiger charge is 2.06. The molecule has 0 radical (unpaired) electrons. The molecular formula is C31H56N2O11. The van der Waals surface area contributed by atoms with Crippen molar-refractivity contribution in [3.8, 4) is 0 Å². The van der Waals surface area contributed by atoms with E-state index in [4.69, 9.17) is 53.1 Å². The van der Waals surface area contributed by atoms with Crippen LogP contribution >= 0.6 is 0 Å². The second-order valence-corrected chi connectivity index (χ2v) is 9.29. The van der Waals surface area contributed by atoms with Crippen LogP contribution in [0.4, 0.5) is 5.69 Å². The molecule has 0 aliphatic carbocycles. The van der Waals surface area contributed by atoms with Gasteiger partial charge < -0.3 is 58.4 Å². The fourth-order valence-corrected chi connectivity index (χ4v) is 3.35. The van der Waals surface area contributed by atoms with Gasteiger partial charge in [-0.25, -0.2) is 4.79 Å². The molecule has 1 aromatic carbocycles. The molecule has 3 N–H and O–H groups in total. The van der Waals surface area contributed by atoms with Crippen molar-refractivity contribution < 1.29 is 52.2 Å². The largest absolute Gasteiger partial charge is 0.460 e. The van der Waals surface area contributed by atoms with Gasteiger partial charge in [0.25, 0.3) is 0 Å². The number of carbonyl (C=O) groups excluding carboxylic acids is 1. The molecule has 256 valence electrons. The predicted molar refractivity (Wildman–Crippen MR) is 167 cm³/mol. The summed E-state index contributed by atoms with van der Waals surface area (Å²) in [4.78, 5) is 12.1. The van der Waals surface area contributed by atoms with Gasteiger partial charge in [-0.05, 0) is 30.7 Å². The van der Waals surface area contributed by atoms with E-state index in [0.29, 0.717) is 131 Å². The zero-order valence-corrected chi connectivity index (χ0v) is 26.6. The molecule has 0 heterocycles. The third-order valence-electron chi connectivity index (χ3n) is 5.68. The van der Waals surface area contributed by atoms with Gasteiger partial charge in [0.2, 0.25) is 0 Å². The normalized spacial score (nSPS) is 11.2. The van der Waals surface area contributed by atoms with E-state index in [1.165, 1.54) is 0 Å². The predicted octanol–water partition coefficient (Wildman–Crippen LogP) is 2.16. The first-order valence-corrected chi connectivity index (χ1v) is 15.7. The molecule has 0 aliphatic heterocycles. The zero-order valence-electron chi connectivity index (χ0n) is 26.6. The molecule has 0 amide bonds. The Labute approximate surface area is 263 Å². The number of carbonyl (C=O) groups is 1. The highest BCUT2D eigenvalue weighted by atomic mass is 16.6. The number of nitrogens with two attached hydrogens (primary N) is 1. The average molecular weight is 633 g/mol. The van der Waals surface area contributed by atoms with Crippen LogP contribution in [0.5, 0.6) is 0 Å². The lowest BCUT2D eigenvalue weighted by Gasteiger charge is -2.09. The monoisotopic (exact) mass is 632 g/mol. The number of unbranched alkanes of at least 4 members (excludes halogenated alkanes) is 1. The summed E-state index contributed by atoms with van der Waals surface area (Å²) in [6, 6.07) is 7.29. The van der Waals surface area contributed by atoms with E-state index in [-0.39, 0.29) is 12.6 Å². The molecule has 0 saturated heterocycles. The fourth-order valence-electron chi connectivity index (χ4n) is 3.35. The van der Waals surface area contributed by atoms with E-state index < -0.39 is 0 Å². The summed E-state index contributed by atoms with van der Waals surface area (Å²) in [7, 11) is 0. The summed E-state index contributed by atoms with van der Waals surface area (Å²) in [6.07, 6.45) is 2.25. The van der Waals surface area contributed by atoms with Crippen molar-refractivity contribution in [3.63, 3.8) is 0 Å². The van der Waals surface area contributed by atoms with Gasteiger partial charge in [-0.15, -0.1) is 0 Å². The molecule has 13 heteroatoms. The van der Waals surface area contributed by atoms with E-state index >= 15 is 0 Å². The maximum Gasteiger partial charge on any atom is 0.338 e. The summed E-state index contributed by atoms with van der Waals surface area (Å²) in [5.41, 5.74) is 6.84. The summed E-state index contributed by atoms with van der Waals surface area (Å²) < 4.78 is 54.0. The molecule has 0 aromatic heterocycles. The number of hydrogen-bond donors (Lipinski definition) is 2. The third kappa shape index (κ3) is 26.5. The van der Waals surface area contributed by atoms with Crippen LogP contribution in [0.25, 0.3) is 0 Å². The SMILES string of the molecule is CCCCNc1ccc(C(=O)OCCOCCOCCOCCOCCOCCOCCOCCOCCOCCN)cc1. The minimum absolute atomic E-state index is 0.192. The molecule has 44 heavy (non-hydrogen) atoms. The van der Waals surface area contributed by atoms with Crippen LogP contribution in [0.15, 0.2) is 24.3 Å². The van der Waals surface area contributed by atoms with E-state index in [1.54, 1.807) is 12.1 Å². The van der Waals surface area contributed by atoms with Gasteiger partial charge in [0.05, 0.1) is 124 Å². The Morgan fingerprint density at radius 1 is 0.545 bits per heavy atom. The van der Waals surface area contributed by atoms with Crippen molar-refractivity contribution in [1.29, 1.82) is 0 Å². The van der Waals surface area contributed by atoms with Crippen molar-refractivity contribution in [2.75, 3.05) is 144 Å². The van der Waals surface area contributed by atoms with Gasteiger partial charge >= 0.3 is 5.97 Å². The number of benzene rings is 1. The molecule has 0 spiro atoms. The number of hydrogen-bond acceptors (Lipinski definition) is 13. The lowest BCUT2D eigenvalue weighted by Crippen LogP contribution is -2.16. The molecule has 0 bridgehead atoms. The third-order valence-corrected chi connectivity index (χ3v) is 5.68. The Hall–Kier alpha value is -1.91. The van der Waals surface area contributed by atoms with Gasteiger partial charge in [0.15, 0.2) is 0 Å². The van der Waals surface area contributed by atoms with Crippen molar-refractivity contribution >= 4 is 11.7 Å². The van der Waals surface area contributed by atoms with Gasteiger partial charge in [-0.3, -0.25) is 0 Å². The summed E-state index contributed by atoms with van der Waals surface area (Å²) in [5.74, 6) is -0.360. The molecule has 13 nitrogen and oxygen atoms in total. The Morgan fingerprint density at radius 2 is 0.886 bits per heavy atom. The van der Waals surface area contributed by atoms with Crippen LogP contribution in [0.1, 0.15) is 30.1 Å². The maximum absolute atomic E-state index is 12.1. The lowest BCUT2D eigenvalue weighted by atomic mass is 10.2. The topological polar surface area (TPSA) is 147 Å². The maximum atomic E-state index is 12.1. The molecule has 1 aromatic rings. The van der Waals surface area contributed by atoms with Crippen molar-refractivity contribution in [2.45, 2.75) is 19.8 Å². The highest BCUT2D eigenvalue weighted by Crippen LogP contribution is 2.10. The Balaban J connectivity index is 1.72. The van der Waals surface area contributed by atoms with Crippen LogP contribution in [-0.4, -0.2) is 145 Å². The molecule has 0 saturated carbocycles. The molecule has 1 rings (SSSR count). The van der Waals surface area contributed by atoms with Crippen molar-refractivity contribution in [1.82, 2.24) is 0 Å². The number of esters is 1. The fraction of sp³-hybridized carbons (Fsp3) is 0.774. The van der Waals surface area contributed by atoms with Crippen LogP contribution in [0.3, 0.4) is 0 Å². The minimum Gasteiger partial charge on any atom is -0.460 e. The van der Waals surface area contributed by atoms with Gasteiger partial charge in [-0.1, -0.05) is 13.3 Å². The van der Waals surface area contributed by atoms with E-state index in [2.05, 4.69) is 12.2 Å². The lowest BCUT2D eigenvalue weighted by molar-refractivity contribution is -0.0258. The van der Waals surface area contributed by atoms with Crippen LogP contribution in [-0.2, 0) is 47.4 Å². The minimum atomic E-state index is -0.360. The number of rotatable bonds is 34. The van der Waals surface area contributed by atoms with Crippen molar-refractivity contribution in [3.05, 3.63) is 29.8 Å². The summed E-state index contributed by atoms with van der Waals surface area (Å²) in [6.45, 7) is 12.6. The van der Waals surface area contributed by atoms with Gasteiger partial charge in [0, 0.05) is 18.8 Å². The van der Waals surface area contributed by atoms with Gasteiger partial charge in [-0.2, -0.15) is 0 Å². The zero-order chi connectivity index (χ0) is 31.6. The Bertz CT molecular complexity index is 744. The van der Waals surface area contributed by atoms with Crippen LogP contribution in [0, 0.1) is 0 Å². The summed E-state index contributed by atoms with van der Waals surface area (Å²) in [5, 5.41) is 3.32. The van der Waals surface area contributed by atoms with E-state index in [9.17, 15) is 4.79 Å². The molecule has 0 fully saturated rings. The highest BCUT2D eigenvalue weighted by molar-refractivity contribution is 5.89. The second kappa shape index (κ2) is 32.5. The Morgan fingerprint density at radius 3 is 1.23 bits per heavy atom. The first-order valence-electron chi connectivity index (χ1n) is 15.7. The van der Waals surface area contributed by atoms with Gasteiger partial charge in [0.1, 0.15) is 6.61 Å². The van der Waals surface area contributed by atoms with Crippen molar-refractivity contribution in [2.24, 2.45) is 5.73 Å². The first-order chi connectivity index (χ1) is 21.8.